The number of rotatable bonds is 0. The second kappa shape index (κ2) is 2.97. The maximum absolute atomic E-state index is 12.0. The van der Waals surface area contributed by atoms with E-state index >= 15 is 0 Å². The van der Waals surface area contributed by atoms with Crippen LogP contribution in [0.4, 0.5) is 4.79 Å². The minimum Gasteiger partial charge on any atom is -0.441 e. The van der Waals surface area contributed by atoms with Gasteiger partial charge in [-0.25, -0.2) is 4.79 Å². The quantitative estimate of drug-likeness (QED) is 0.650. The lowest BCUT2D eigenvalue weighted by Gasteiger charge is -2.43. The van der Waals surface area contributed by atoms with Crippen LogP contribution in [-0.4, -0.2) is 40.9 Å². The van der Waals surface area contributed by atoms with Crippen LogP contribution in [0.25, 0.3) is 0 Å². The summed E-state index contributed by atoms with van der Waals surface area (Å²) in [5, 5.41) is 0. The SMILES string of the molecule is CC1(C)OCCN2C(=O)OC3(C)CCC1C23C. The molecule has 3 atom stereocenters. The van der Waals surface area contributed by atoms with E-state index in [-0.39, 0.29) is 22.8 Å². The van der Waals surface area contributed by atoms with Crippen molar-refractivity contribution in [3.8, 4) is 0 Å². The number of hydrogen-bond acceptors (Lipinski definition) is 3. The third kappa shape index (κ3) is 1.15. The molecule has 3 aliphatic rings. The molecule has 0 aromatic rings. The van der Waals surface area contributed by atoms with E-state index in [0.29, 0.717) is 19.1 Å². The normalized spacial score (nSPS) is 47.6. The molecule has 0 aromatic carbocycles. The Kier molecular flexibility index (Phi) is 1.98. The Morgan fingerprint density at radius 3 is 2.71 bits per heavy atom. The lowest BCUT2D eigenvalue weighted by molar-refractivity contribution is -0.0707. The van der Waals surface area contributed by atoms with Gasteiger partial charge in [0, 0.05) is 12.5 Å². The molecule has 3 rings (SSSR count). The van der Waals surface area contributed by atoms with Gasteiger partial charge in [0.05, 0.1) is 17.7 Å². The molecule has 2 aliphatic heterocycles. The summed E-state index contributed by atoms with van der Waals surface area (Å²) in [7, 11) is 0. The van der Waals surface area contributed by atoms with E-state index in [9.17, 15) is 4.79 Å². The molecule has 4 heteroatoms. The first kappa shape index (κ1) is 11.3. The summed E-state index contributed by atoms with van der Waals surface area (Å²) in [6, 6.07) is 0. The third-order valence-electron chi connectivity index (χ3n) is 5.38. The van der Waals surface area contributed by atoms with Crippen LogP contribution in [0, 0.1) is 5.92 Å². The van der Waals surface area contributed by atoms with Gasteiger partial charge in [-0.15, -0.1) is 0 Å². The first-order valence-electron chi connectivity index (χ1n) is 6.46. The average Bonchev–Trinajstić information content (AvgIpc) is 2.49. The zero-order valence-corrected chi connectivity index (χ0v) is 11.1. The summed E-state index contributed by atoms with van der Waals surface area (Å²) in [5.74, 6) is 0.342. The molecule has 0 aromatic heterocycles. The molecule has 0 N–H and O–H groups in total. The minimum absolute atomic E-state index is 0.166. The van der Waals surface area contributed by atoms with Crippen LogP contribution in [0.5, 0.6) is 0 Å². The summed E-state index contributed by atoms with van der Waals surface area (Å²) in [6.07, 6.45) is 1.83. The maximum Gasteiger partial charge on any atom is 0.411 e. The zero-order valence-electron chi connectivity index (χ0n) is 11.1. The van der Waals surface area contributed by atoms with Crippen molar-refractivity contribution in [2.45, 2.75) is 57.3 Å². The monoisotopic (exact) mass is 239 g/mol. The minimum atomic E-state index is -0.347. The van der Waals surface area contributed by atoms with E-state index in [2.05, 4.69) is 27.7 Å². The summed E-state index contributed by atoms with van der Waals surface area (Å²) < 4.78 is 11.6. The van der Waals surface area contributed by atoms with Crippen molar-refractivity contribution < 1.29 is 14.3 Å². The van der Waals surface area contributed by atoms with Gasteiger partial charge < -0.3 is 9.47 Å². The molecule has 2 heterocycles. The van der Waals surface area contributed by atoms with E-state index in [4.69, 9.17) is 9.47 Å². The van der Waals surface area contributed by atoms with Crippen molar-refractivity contribution in [2.75, 3.05) is 13.2 Å². The van der Waals surface area contributed by atoms with Gasteiger partial charge in [-0.2, -0.15) is 0 Å². The highest BCUT2D eigenvalue weighted by Gasteiger charge is 2.70. The van der Waals surface area contributed by atoms with Crippen LogP contribution in [0.3, 0.4) is 0 Å². The van der Waals surface area contributed by atoms with Gasteiger partial charge in [-0.05, 0) is 40.5 Å². The predicted octanol–water partition coefficient (Wildman–Crippen LogP) is 2.17. The fourth-order valence-corrected chi connectivity index (χ4v) is 4.24. The molecule has 1 amide bonds. The van der Waals surface area contributed by atoms with Crippen LogP contribution in [0.2, 0.25) is 0 Å². The molecule has 0 bridgehead atoms. The second-order valence-corrected chi connectivity index (χ2v) is 6.44. The van der Waals surface area contributed by atoms with Gasteiger partial charge >= 0.3 is 6.09 Å². The van der Waals surface area contributed by atoms with E-state index in [1.54, 1.807) is 0 Å². The average molecular weight is 239 g/mol. The molecular weight excluding hydrogens is 218 g/mol. The summed E-state index contributed by atoms with van der Waals surface area (Å²) >= 11 is 0. The highest BCUT2D eigenvalue weighted by atomic mass is 16.6. The Balaban J connectivity index is 2.13. The van der Waals surface area contributed by atoms with Crippen molar-refractivity contribution in [1.29, 1.82) is 0 Å². The molecule has 0 spiro atoms. The van der Waals surface area contributed by atoms with E-state index in [1.807, 2.05) is 4.90 Å². The van der Waals surface area contributed by atoms with Crippen molar-refractivity contribution >= 4 is 6.09 Å². The molecule has 3 unspecified atom stereocenters. The van der Waals surface area contributed by atoms with Gasteiger partial charge in [0.2, 0.25) is 0 Å². The standard InChI is InChI=1S/C13H21NO3/c1-11(2)9-5-6-12(3)13(9,4)14(7-8-16-11)10(15)17-12/h9H,5-8H2,1-4H3. The fraction of sp³-hybridized carbons (Fsp3) is 0.923. The van der Waals surface area contributed by atoms with Gasteiger partial charge in [0.15, 0.2) is 0 Å². The largest absolute Gasteiger partial charge is 0.441 e. The Morgan fingerprint density at radius 1 is 1.29 bits per heavy atom. The van der Waals surface area contributed by atoms with Crippen LogP contribution in [0.15, 0.2) is 0 Å². The molecule has 0 radical (unpaired) electrons. The van der Waals surface area contributed by atoms with Crippen molar-refractivity contribution in [3.05, 3.63) is 0 Å². The Hall–Kier alpha value is -0.770. The van der Waals surface area contributed by atoms with Crippen molar-refractivity contribution in [1.82, 2.24) is 4.90 Å². The Morgan fingerprint density at radius 2 is 2.00 bits per heavy atom. The van der Waals surface area contributed by atoms with E-state index in [0.717, 1.165) is 12.8 Å². The number of carbonyl (C=O) groups excluding carboxylic acids is 1. The van der Waals surface area contributed by atoms with E-state index < -0.39 is 0 Å². The summed E-state index contributed by atoms with van der Waals surface area (Å²) in [5.41, 5.74) is -0.751. The fourth-order valence-electron chi connectivity index (χ4n) is 4.24. The van der Waals surface area contributed by atoms with Crippen LogP contribution >= 0.6 is 0 Å². The molecule has 2 saturated heterocycles. The molecule has 4 nitrogen and oxygen atoms in total. The lowest BCUT2D eigenvalue weighted by Crippen LogP contribution is -2.58. The van der Waals surface area contributed by atoms with Crippen molar-refractivity contribution in [2.24, 2.45) is 5.92 Å². The first-order chi connectivity index (χ1) is 7.81. The summed E-state index contributed by atoms with van der Waals surface area (Å²) in [6.45, 7) is 9.77. The number of hydrogen-bond donors (Lipinski definition) is 0. The summed E-state index contributed by atoms with van der Waals surface area (Å²) in [4.78, 5) is 13.9. The van der Waals surface area contributed by atoms with Gasteiger partial charge in [-0.3, -0.25) is 4.90 Å². The second-order valence-electron chi connectivity index (χ2n) is 6.44. The molecule has 1 aliphatic carbocycles. The van der Waals surface area contributed by atoms with E-state index in [1.165, 1.54) is 0 Å². The molecule has 1 saturated carbocycles. The topological polar surface area (TPSA) is 38.8 Å². The van der Waals surface area contributed by atoms with Crippen LogP contribution < -0.4 is 0 Å². The Bertz CT molecular complexity index is 381. The molecular formula is C13H21NO3. The van der Waals surface area contributed by atoms with Gasteiger partial charge in [-0.1, -0.05) is 0 Å². The molecule has 17 heavy (non-hydrogen) atoms. The van der Waals surface area contributed by atoms with Gasteiger partial charge in [0.1, 0.15) is 5.60 Å². The predicted molar refractivity (Wildman–Crippen MR) is 62.8 cm³/mol. The zero-order chi connectivity index (χ0) is 12.5. The number of nitrogens with zero attached hydrogens (tertiary/aromatic N) is 1. The first-order valence-corrected chi connectivity index (χ1v) is 6.46. The number of amides is 1. The van der Waals surface area contributed by atoms with Gasteiger partial charge in [0.25, 0.3) is 0 Å². The smallest absolute Gasteiger partial charge is 0.411 e. The maximum atomic E-state index is 12.0. The molecule has 96 valence electrons. The number of carbonyl (C=O) groups is 1. The van der Waals surface area contributed by atoms with Crippen molar-refractivity contribution in [3.63, 3.8) is 0 Å². The van der Waals surface area contributed by atoms with Crippen LogP contribution in [-0.2, 0) is 9.47 Å². The highest BCUT2D eigenvalue weighted by molar-refractivity contribution is 5.73. The Labute approximate surface area is 102 Å². The highest BCUT2D eigenvalue weighted by Crippen LogP contribution is 2.58. The number of ether oxygens (including phenoxy) is 2. The molecule has 3 fully saturated rings. The lowest BCUT2D eigenvalue weighted by atomic mass is 9.73. The third-order valence-corrected chi connectivity index (χ3v) is 5.38. The van der Waals surface area contributed by atoms with Crippen LogP contribution in [0.1, 0.15) is 40.5 Å².